The summed E-state index contributed by atoms with van der Waals surface area (Å²) < 4.78 is 38.2. The molecule has 1 amide bonds. The molecule has 0 bridgehead atoms. The molecular weight excluding hydrogens is 430 g/mol. The summed E-state index contributed by atoms with van der Waals surface area (Å²) in [5.41, 5.74) is 2.38. The van der Waals surface area contributed by atoms with Gasteiger partial charge in [-0.2, -0.15) is 4.31 Å². The monoisotopic (exact) mass is 461 g/mol. The number of sulfonamides is 1. The average molecular weight is 462 g/mol. The summed E-state index contributed by atoms with van der Waals surface area (Å²) in [6.07, 6.45) is 0. The fraction of sp³-hybridized carbons (Fsp3) is 0.435. The quantitative estimate of drug-likeness (QED) is 0.682. The van der Waals surface area contributed by atoms with Gasteiger partial charge in [-0.3, -0.25) is 9.69 Å². The first-order chi connectivity index (χ1) is 15.2. The highest BCUT2D eigenvalue weighted by Crippen LogP contribution is 2.30. The number of methoxy groups -OCH3 is 2. The van der Waals surface area contributed by atoms with Crippen molar-refractivity contribution in [3.8, 4) is 11.5 Å². The molecule has 1 aliphatic heterocycles. The first-order valence-electron chi connectivity index (χ1n) is 10.5. The fourth-order valence-corrected chi connectivity index (χ4v) is 5.51. The van der Waals surface area contributed by atoms with Crippen LogP contribution in [0.5, 0.6) is 11.5 Å². The van der Waals surface area contributed by atoms with Gasteiger partial charge in [0.25, 0.3) is 0 Å². The molecule has 9 heteroatoms. The zero-order chi connectivity index (χ0) is 23.5. The number of hydrogen-bond acceptors (Lipinski definition) is 6. The van der Waals surface area contributed by atoms with Crippen LogP contribution in [0.25, 0.3) is 0 Å². The van der Waals surface area contributed by atoms with E-state index >= 15 is 0 Å². The highest BCUT2D eigenvalue weighted by atomic mass is 32.2. The van der Waals surface area contributed by atoms with E-state index in [9.17, 15) is 13.2 Å². The Labute approximate surface area is 190 Å². The molecule has 2 aromatic rings. The van der Waals surface area contributed by atoms with Gasteiger partial charge in [-0.05, 0) is 44.5 Å². The first kappa shape index (κ1) is 24.0. The average Bonchev–Trinajstić information content (AvgIpc) is 2.78. The van der Waals surface area contributed by atoms with Crippen molar-refractivity contribution in [1.82, 2.24) is 9.21 Å². The number of nitrogens with one attached hydrogen (secondary N) is 1. The maximum absolute atomic E-state index is 13.1. The Morgan fingerprint density at radius 2 is 1.62 bits per heavy atom. The molecule has 0 saturated carbocycles. The van der Waals surface area contributed by atoms with Crippen LogP contribution in [0.2, 0.25) is 0 Å². The van der Waals surface area contributed by atoms with Crippen LogP contribution in [0.1, 0.15) is 18.1 Å². The third-order valence-electron chi connectivity index (χ3n) is 5.80. The van der Waals surface area contributed by atoms with E-state index in [1.54, 1.807) is 31.4 Å². The predicted molar refractivity (Wildman–Crippen MR) is 124 cm³/mol. The molecule has 1 heterocycles. The molecule has 1 aliphatic rings. The van der Waals surface area contributed by atoms with Crippen LogP contribution in [0, 0.1) is 13.8 Å². The molecule has 0 unspecified atom stereocenters. The second kappa shape index (κ2) is 9.89. The second-order valence-electron chi connectivity index (χ2n) is 7.94. The summed E-state index contributed by atoms with van der Waals surface area (Å²) in [6, 6.07) is 10.1. The van der Waals surface area contributed by atoms with Crippen molar-refractivity contribution in [3.05, 3.63) is 47.5 Å². The molecule has 0 aromatic heterocycles. The van der Waals surface area contributed by atoms with E-state index in [4.69, 9.17) is 9.47 Å². The van der Waals surface area contributed by atoms with Crippen molar-refractivity contribution in [2.45, 2.75) is 31.7 Å². The number of rotatable bonds is 7. The van der Waals surface area contributed by atoms with E-state index < -0.39 is 16.1 Å². The lowest BCUT2D eigenvalue weighted by Gasteiger charge is -2.37. The molecule has 3 rings (SSSR count). The molecule has 32 heavy (non-hydrogen) atoms. The van der Waals surface area contributed by atoms with Crippen molar-refractivity contribution < 1.29 is 22.7 Å². The Morgan fingerprint density at radius 3 is 2.22 bits per heavy atom. The fourth-order valence-electron chi connectivity index (χ4n) is 3.89. The summed E-state index contributed by atoms with van der Waals surface area (Å²) in [5.74, 6) is 0.950. The van der Waals surface area contributed by atoms with Gasteiger partial charge in [0.05, 0.1) is 25.2 Å². The van der Waals surface area contributed by atoms with Crippen LogP contribution < -0.4 is 14.8 Å². The lowest BCUT2D eigenvalue weighted by molar-refractivity contribution is -0.121. The van der Waals surface area contributed by atoms with Gasteiger partial charge in [-0.15, -0.1) is 0 Å². The van der Waals surface area contributed by atoms with Crippen molar-refractivity contribution in [3.63, 3.8) is 0 Å². The Kier molecular flexibility index (Phi) is 7.43. The maximum Gasteiger partial charge on any atom is 0.243 e. The largest absolute Gasteiger partial charge is 0.493 e. The summed E-state index contributed by atoms with van der Waals surface area (Å²) in [7, 11) is -0.468. The standard InChI is InChI=1S/C23H31N3O5S/c1-16-6-9-22(17(2)14-16)32(28,29)26-12-10-25(11-13-26)18(3)23(27)24-19-7-8-20(30-4)21(15-19)31-5/h6-9,14-15,18H,10-13H2,1-5H3,(H,24,27)/t18-/m0/s1. The van der Waals surface area contributed by atoms with Gasteiger partial charge in [0.15, 0.2) is 11.5 Å². The lowest BCUT2D eigenvalue weighted by atomic mass is 10.2. The summed E-state index contributed by atoms with van der Waals surface area (Å²) in [6.45, 7) is 7.21. The number of anilines is 1. The number of ether oxygens (including phenoxy) is 2. The molecule has 1 N–H and O–H groups in total. The second-order valence-corrected chi connectivity index (χ2v) is 9.85. The lowest BCUT2D eigenvalue weighted by Crippen LogP contribution is -2.54. The van der Waals surface area contributed by atoms with Crippen LogP contribution in [0.15, 0.2) is 41.3 Å². The zero-order valence-corrected chi connectivity index (χ0v) is 20.0. The number of nitrogens with zero attached hydrogens (tertiary/aromatic N) is 2. The molecule has 0 radical (unpaired) electrons. The number of benzene rings is 2. The predicted octanol–water partition coefficient (Wildman–Crippen LogP) is 2.65. The van der Waals surface area contributed by atoms with Crippen molar-refractivity contribution >= 4 is 21.6 Å². The molecule has 2 aromatic carbocycles. The van der Waals surface area contributed by atoms with Gasteiger partial charge in [-0.1, -0.05) is 17.7 Å². The van der Waals surface area contributed by atoms with Crippen molar-refractivity contribution in [1.29, 1.82) is 0 Å². The first-order valence-corrected chi connectivity index (χ1v) is 12.0. The molecule has 8 nitrogen and oxygen atoms in total. The molecule has 174 valence electrons. The van der Waals surface area contributed by atoms with Gasteiger partial charge < -0.3 is 14.8 Å². The number of amides is 1. The van der Waals surface area contributed by atoms with Crippen molar-refractivity contribution in [2.75, 3.05) is 45.7 Å². The van der Waals surface area contributed by atoms with Crippen LogP contribution in [0.3, 0.4) is 0 Å². The number of carbonyl (C=O) groups is 1. The molecular formula is C23H31N3O5S. The highest BCUT2D eigenvalue weighted by molar-refractivity contribution is 7.89. The summed E-state index contributed by atoms with van der Waals surface area (Å²) in [5, 5.41) is 2.90. The number of aryl methyl sites for hydroxylation is 2. The topological polar surface area (TPSA) is 88.2 Å². The number of hydrogen-bond donors (Lipinski definition) is 1. The Bertz CT molecular complexity index is 1080. The van der Waals surface area contributed by atoms with E-state index in [1.807, 2.05) is 37.8 Å². The maximum atomic E-state index is 13.1. The third-order valence-corrected chi connectivity index (χ3v) is 7.86. The van der Waals surface area contributed by atoms with Crippen LogP contribution in [0.4, 0.5) is 5.69 Å². The smallest absolute Gasteiger partial charge is 0.243 e. The third kappa shape index (κ3) is 5.06. The molecule has 1 fully saturated rings. The van der Waals surface area contributed by atoms with Gasteiger partial charge in [0.2, 0.25) is 15.9 Å². The van der Waals surface area contributed by atoms with E-state index in [0.29, 0.717) is 48.3 Å². The zero-order valence-electron chi connectivity index (χ0n) is 19.2. The van der Waals surface area contributed by atoms with E-state index in [1.165, 1.54) is 11.4 Å². The SMILES string of the molecule is COc1ccc(NC(=O)[C@H](C)N2CCN(S(=O)(=O)c3ccc(C)cc3C)CC2)cc1OC. The highest BCUT2D eigenvalue weighted by Gasteiger charge is 2.32. The normalized spacial score (nSPS) is 16.4. The van der Waals surface area contributed by atoms with Gasteiger partial charge in [0, 0.05) is 37.9 Å². The molecule has 1 atom stereocenters. The van der Waals surface area contributed by atoms with Crippen LogP contribution >= 0.6 is 0 Å². The van der Waals surface area contributed by atoms with Crippen LogP contribution in [-0.4, -0.2) is 70.0 Å². The number of piperazine rings is 1. The molecule has 0 spiro atoms. The van der Waals surface area contributed by atoms with Crippen molar-refractivity contribution in [2.24, 2.45) is 0 Å². The Morgan fingerprint density at radius 1 is 0.969 bits per heavy atom. The minimum Gasteiger partial charge on any atom is -0.493 e. The molecule has 0 aliphatic carbocycles. The molecule has 1 saturated heterocycles. The minimum absolute atomic E-state index is 0.164. The number of carbonyl (C=O) groups excluding carboxylic acids is 1. The van der Waals surface area contributed by atoms with Gasteiger partial charge in [0.1, 0.15) is 0 Å². The van der Waals surface area contributed by atoms with Crippen LogP contribution in [-0.2, 0) is 14.8 Å². The Hall–Kier alpha value is -2.62. The summed E-state index contributed by atoms with van der Waals surface area (Å²) in [4.78, 5) is 15.1. The van der Waals surface area contributed by atoms with E-state index in [0.717, 1.165) is 11.1 Å². The Balaban J connectivity index is 1.62. The summed E-state index contributed by atoms with van der Waals surface area (Å²) >= 11 is 0. The van der Waals surface area contributed by atoms with E-state index in [-0.39, 0.29) is 5.91 Å². The van der Waals surface area contributed by atoms with E-state index in [2.05, 4.69) is 5.32 Å². The minimum atomic E-state index is -3.56. The van der Waals surface area contributed by atoms with Gasteiger partial charge >= 0.3 is 0 Å². The van der Waals surface area contributed by atoms with Gasteiger partial charge in [-0.25, -0.2) is 8.42 Å².